The minimum absolute atomic E-state index is 0.0545. The number of allylic oxidation sites excluding steroid dienone is 2. The van der Waals surface area contributed by atoms with Crippen LogP contribution in [0.3, 0.4) is 0 Å². The van der Waals surface area contributed by atoms with Crippen LogP contribution in [0, 0.1) is 47.8 Å². The Kier molecular flexibility index (Phi) is 5.99. The summed E-state index contributed by atoms with van der Waals surface area (Å²) in [5, 5.41) is 13.2. The van der Waals surface area contributed by atoms with Gasteiger partial charge < -0.3 is 4.74 Å². The Morgan fingerprint density at radius 3 is 2.81 bits per heavy atom. The predicted molar refractivity (Wildman–Crippen MR) is 98.7 cm³/mol. The smallest absolute Gasteiger partial charge is 0.349 e. The van der Waals surface area contributed by atoms with Crippen molar-refractivity contribution in [3.05, 3.63) is 27.3 Å². The Morgan fingerprint density at radius 1 is 1.54 bits per heavy atom. The third-order valence-corrected chi connectivity index (χ3v) is 5.42. The van der Waals surface area contributed by atoms with Crippen LogP contribution in [0.15, 0.2) is 15.8 Å². The van der Waals surface area contributed by atoms with Gasteiger partial charge in [0.15, 0.2) is 6.73 Å². The van der Waals surface area contributed by atoms with E-state index in [0.29, 0.717) is 10.7 Å². The van der Waals surface area contributed by atoms with Crippen molar-refractivity contribution in [2.24, 2.45) is 17.3 Å². The van der Waals surface area contributed by atoms with Gasteiger partial charge in [-0.15, -0.1) is 18.2 Å². The first kappa shape index (κ1) is 19.9. The molecule has 1 heterocycles. The van der Waals surface area contributed by atoms with Gasteiger partial charge in [-0.1, -0.05) is 32.8 Å². The molecule has 0 aromatic carbocycles. The number of ether oxygens (including phenoxy) is 1. The van der Waals surface area contributed by atoms with Crippen molar-refractivity contribution < 1.29 is 9.53 Å². The number of aryl methyl sites for hydroxylation is 1. The van der Waals surface area contributed by atoms with E-state index in [9.17, 15) is 9.59 Å². The minimum Gasteiger partial charge on any atom is -0.442 e. The highest BCUT2D eigenvalue weighted by Gasteiger charge is 2.61. The molecule has 0 N–H and O–H groups in total. The molecule has 0 radical (unpaired) electrons. The molecular formula is C18H22N4O3S. The highest BCUT2D eigenvalue weighted by atomic mass is 32.2. The molecule has 7 nitrogen and oxygen atoms in total. The van der Waals surface area contributed by atoms with Gasteiger partial charge in [0.1, 0.15) is 11.9 Å². The van der Waals surface area contributed by atoms with Crippen molar-refractivity contribution in [2.45, 2.75) is 41.0 Å². The fraction of sp³-hybridized carbons (Fsp3) is 0.556. The highest BCUT2D eigenvalue weighted by Crippen LogP contribution is 2.60. The minimum atomic E-state index is -0.411. The quantitative estimate of drug-likeness (QED) is 0.411. The average Bonchev–Trinajstić information content (AvgIpc) is 3.03. The first-order chi connectivity index (χ1) is 12.3. The lowest BCUT2D eigenvalue weighted by atomic mass is 10.1. The molecule has 1 aliphatic carbocycles. The van der Waals surface area contributed by atoms with E-state index in [-0.39, 0.29) is 30.5 Å². The van der Waals surface area contributed by atoms with Gasteiger partial charge >= 0.3 is 11.7 Å². The molecule has 1 saturated carbocycles. The third kappa shape index (κ3) is 3.86. The molecular weight excluding hydrogens is 352 g/mol. The van der Waals surface area contributed by atoms with Crippen LogP contribution in [0.2, 0.25) is 0 Å². The summed E-state index contributed by atoms with van der Waals surface area (Å²) >= 11 is 1.45. The second-order valence-electron chi connectivity index (χ2n) is 6.61. The molecule has 0 bridgehead atoms. The Hall–Kier alpha value is -2.45. The number of nitriles is 1. The molecule has 0 saturated heterocycles. The van der Waals surface area contributed by atoms with E-state index >= 15 is 0 Å². The van der Waals surface area contributed by atoms with Crippen molar-refractivity contribution >= 4 is 17.7 Å². The molecule has 0 spiro atoms. The maximum absolute atomic E-state index is 12.4. The van der Waals surface area contributed by atoms with Gasteiger partial charge in [0.25, 0.3) is 0 Å². The SMILES string of the molecule is C#CCn1c(C)nn(COC(=O)[C@@H]2[C@@H](/C=C(/C#N)SCC)C2(C)C)c1=O. The molecule has 1 aromatic heterocycles. The van der Waals surface area contributed by atoms with Crippen LogP contribution in [0.4, 0.5) is 0 Å². The Balaban J connectivity index is 2.05. The fourth-order valence-electron chi connectivity index (χ4n) is 3.00. The summed E-state index contributed by atoms with van der Waals surface area (Å²) in [6.07, 6.45) is 7.08. The van der Waals surface area contributed by atoms with E-state index in [1.165, 1.54) is 16.3 Å². The van der Waals surface area contributed by atoms with Crippen molar-refractivity contribution in [2.75, 3.05) is 5.75 Å². The summed E-state index contributed by atoms with van der Waals surface area (Å²) in [6.45, 7) is 7.42. The van der Waals surface area contributed by atoms with E-state index in [4.69, 9.17) is 16.4 Å². The number of hydrogen-bond donors (Lipinski definition) is 0. The highest BCUT2D eigenvalue weighted by molar-refractivity contribution is 8.03. The molecule has 2 atom stereocenters. The summed E-state index contributed by atoms with van der Waals surface area (Å²) < 4.78 is 7.71. The molecule has 26 heavy (non-hydrogen) atoms. The van der Waals surface area contributed by atoms with Crippen LogP contribution < -0.4 is 5.69 Å². The van der Waals surface area contributed by atoms with Gasteiger partial charge in [0.05, 0.1) is 17.4 Å². The Labute approximate surface area is 157 Å². The standard InChI is InChI=1S/C18H22N4O3S/c1-6-8-21-12(3)20-22(17(21)24)11-25-16(23)15-14(18(15,4)5)9-13(10-19)26-7-2/h1,9,14-15H,7-8,11H2,2-5H3/b13-9-/t14-,15+/m1/s1. The van der Waals surface area contributed by atoms with Crippen molar-refractivity contribution in [3.8, 4) is 18.4 Å². The van der Waals surface area contributed by atoms with Crippen molar-refractivity contribution in [3.63, 3.8) is 0 Å². The van der Waals surface area contributed by atoms with Gasteiger partial charge in [-0.05, 0) is 24.0 Å². The number of aromatic nitrogens is 3. The van der Waals surface area contributed by atoms with Crippen LogP contribution in [-0.4, -0.2) is 26.1 Å². The van der Waals surface area contributed by atoms with Crippen LogP contribution in [0.25, 0.3) is 0 Å². The van der Waals surface area contributed by atoms with Gasteiger partial charge in [-0.2, -0.15) is 15.0 Å². The van der Waals surface area contributed by atoms with Gasteiger partial charge in [0.2, 0.25) is 0 Å². The fourth-order valence-corrected chi connectivity index (χ4v) is 3.61. The predicted octanol–water partition coefficient (Wildman–Crippen LogP) is 1.92. The lowest BCUT2D eigenvalue weighted by Gasteiger charge is -2.04. The van der Waals surface area contributed by atoms with Crippen molar-refractivity contribution in [1.29, 1.82) is 5.26 Å². The zero-order chi connectivity index (χ0) is 19.5. The maximum Gasteiger partial charge on any atom is 0.349 e. The van der Waals surface area contributed by atoms with Gasteiger partial charge in [0, 0.05) is 0 Å². The molecule has 1 aliphatic rings. The number of carbonyl (C=O) groups is 1. The van der Waals surface area contributed by atoms with E-state index in [1.807, 2.05) is 26.8 Å². The zero-order valence-electron chi connectivity index (χ0n) is 15.4. The summed E-state index contributed by atoms with van der Waals surface area (Å²) in [6, 6.07) is 2.16. The lowest BCUT2D eigenvalue weighted by molar-refractivity contribution is -0.150. The maximum atomic E-state index is 12.4. The monoisotopic (exact) mass is 374 g/mol. The molecule has 1 fully saturated rings. The molecule has 0 amide bonds. The third-order valence-electron chi connectivity index (χ3n) is 4.59. The molecule has 0 aliphatic heterocycles. The van der Waals surface area contributed by atoms with Crippen LogP contribution in [-0.2, 0) is 22.8 Å². The first-order valence-electron chi connectivity index (χ1n) is 8.27. The molecule has 8 heteroatoms. The van der Waals surface area contributed by atoms with Crippen molar-refractivity contribution in [1.82, 2.24) is 14.3 Å². The van der Waals surface area contributed by atoms with E-state index in [1.54, 1.807) is 6.92 Å². The summed E-state index contributed by atoms with van der Waals surface area (Å²) in [5.74, 6) is 2.86. The Morgan fingerprint density at radius 2 is 2.23 bits per heavy atom. The molecule has 138 valence electrons. The lowest BCUT2D eigenvalue weighted by Crippen LogP contribution is -2.27. The van der Waals surface area contributed by atoms with E-state index in [2.05, 4.69) is 17.1 Å². The normalized spacial score (nSPS) is 20.9. The number of carbonyl (C=O) groups excluding carboxylic acids is 1. The number of terminal acetylenes is 1. The number of thioether (sulfide) groups is 1. The number of hydrogen-bond acceptors (Lipinski definition) is 6. The average molecular weight is 374 g/mol. The summed E-state index contributed by atoms with van der Waals surface area (Å²) in [4.78, 5) is 25.2. The molecule has 1 aromatic rings. The summed E-state index contributed by atoms with van der Waals surface area (Å²) in [5.41, 5.74) is -0.692. The second-order valence-corrected chi connectivity index (χ2v) is 7.92. The number of esters is 1. The number of nitrogens with zero attached hydrogens (tertiary/aromatic N) is 4. The Bertz CT molecular complexity index is 866. The van der Waals surface area contributed by atoms with Crippen LogP contribution in [0.1, 0.15) is 26.6 Å². The van der Waals surface area contributed by atoms with Gasteiger partial charge in [-0.3, -0.25) is 9.36 Å². The van der Waals surface area contributed by atoms with E-state index < -0.39 is 11.7 Å². The van der Waals surface area contributed by atoms with Crippen LogP contribution in [0.5, 0.6) is 0 Å². The van der Waals surface area contributed by atoms with Crippen LogP contribution >= 0.6 is 11.8 Å². The summed E-state index contributed by atoms with van der Waals surface area (Å²) in [7, 11) is 0. The first-order valence-corrected chi connectivity index (χ1v) is 9.25. The van der Waals surface area contributed by atoms with Gasteiger partial charge in [-0.25, -0.2) is 4.79 Å². The second kappa shape index (κ2) is 7.84. The largest absolute Gasteiger partial charge is 0.442 e. The number of rotatable bonds is 7. The van der Waals surface area contributed by atoms with E-state index in [0.717, 1.165) is 10.4 Å². The zero-order valence-corrected chi connectivity index (χ0v) is 16.2. The topological polar surface area (TPSA) is 89.9 Å². The molecule has 2 rings (SSSR count). The molecule has 0 unspecified atom stereocenters.